The highest BCUT2D eigenvalue weighted by molar-refractivity contribution is 9.10. The van der Waals surface area contributed by atoms with Crippen molar-refractivity contribution in [2.45, 2.75) is 19.9 Å². The Labute approximate surface area is 175 Å². The molecule has 0 aliphatic carbocycles. The Morgan fingerprint density at radius 2 is 1.82 bits per heavy atom. The topological polar surface area (TPSA) is 75.4 Å². The van der Waals surface area contributed by atoms with E-state index in [2.05, 4.69) is 21.0 Å². The number of aromatic nitrogens is 2. The average molecular weight is 463 g/mol. The van der Waals surface area contributed by atoms with Crippen molar-refractivity contribution in [2.75, 3.05) is 4.90 Å². The van der Waals surface area contributed by atoms with E-state index < -0.39 is 11.9 Å². The molecule has 0 aliphatic rings. The number of carboxylic acids is 1. The highest BCUT2D eigenvalue weighted by Crippen LogP contribution is 2.28. The molecule has 0 spiro atoms. The van der Waals surface area contributed by atoms with Crippen LogP contribution in [-0.4, -0.2) is 32.8 Å². The average Bonchev–Trinajstić information content (AvgIpc) is 3.07. The lowest BCUT2D eigenvalue weighted by molar-refractivity contribution is 0.0697. The number of benzene rings is 2. The van der Waals surface area contributed by atoms with Gasteiger partial charge in [0, 0.05) is 16.7 Å². The van der Waals surface area contributed by atoms with Crippen molar-refractivity contribution in [1.29, 1.82) is 0 Å². The van der Waals surface area contributed by atoms with Crippen molar-refractivity contribution in [1.82, 2.24) is 9.78 Å². The molecule has 8 heteroatoms. The van der Waals surface area contributed by atoms with Crippen LogP contribution in [0.5, 0.6) is 0 Å². The Balaban J connectivity index is 2.13. The summed E-state index contributed by atoms with van der Waals surface area (Å²) in [5.74, 6) is -1.53. The summed E-state index contributed by atoms with van der Waals surface area (Å²) in [5.41, 5.74) is 0.886. The minimum absolute atomic E-state index is 0.0651. The first kappa shape index (κ1) is 20.1. The number of nitrogens with zero attached hydrogens (tertiary/aromatic N) is 3. The number of carbonyl (C=O) groups is 2. The van der Waals surface area contributed by atoms with Crippen LogP contribution >= 0.6 is 27.5 Å². The second-order valence-corrected chi connectivity index (χ2v) is 7.67. The van der Waals surface area contributed by atoms with Crippen molar-refractivity contribution in [2.24, 2.45) is 0 Å². The summed E-state index contributed by atoms with van der Waals surface area (Å²) in [6, 6.07) is 13.7. The summed E-state index contributed by atoms with van der Waals surface area (Å²) in [7, 11) is 0. The molecule has 0 fully saturated rings. The number of hydrogen-bond acceptors (Lipinski definition) is 3. The molecule has 28 heavy (non-hydrogen) atoms. The molecule has 0 saturated heterocycles. The third-order valence-corrected chi connectivity index (χ3v) is 4.88. The van der Waals surface area contributed by atoms with Crippen LogP contribution in [0.1, 0.15) is 34.6 Å². The molecule has 144 valence electrons. The van der Waals surface area contributed by atoms with E-state index in [1.807, 2.05) is 18.2 Å². The number of carboxylic acid groups (broad SMARTS) is 1. The van der Waals surface area contributed by atoms with Crippen molar-refractivity contribution < 1.29 is 14.7 Å². The molecule has 3 aromatic rings. The van der Waals surface area contributed by atoms with Gasteiger partial charge >= 0.3 is 5.97 Å². The molecule has 2 aromatic carbocycles. The molecule has 6 nitrogen and oxygen atoms in total. The number of anilines is 1. The van der Waals surface area contributed by atoms with E-state index in [1.165, 1.54) is 15.8 Å². The second kappa shape index (κ2) is 8.16. The fraction of sp³-hybridized carbons (Fsp3) is 0.150. The fourth-order valence-corrected chi connectivity index (χ4v) is 3.53. The van der Waals surface area contributed by atoms with Gasteiger partial charge in [0.1, 0.15) is 5.56 Å². The van der Waals surface area contributed by atoms with Crippen LogP contribution in [0.25, 0.3) is 5.69 Å². The Kier molecular flexibility index (Phi) is 5.86. The quantitative estimate of drug-likeness (QED) is 0.576. The Hall–Kier alpha value is -2.64. The molecular weight excluding hydrogens is 446 g/mol. The van der Waals surface area contributed by atoms with Crippen molar-refractivity contribution in [3.8, 4) is 5.69 Å². The zero-order valence-corrected chi connectivity index (χ0v) is 17.5. The molecule has 0 atom stereocenters. The number of carbonyl (C=O) groups excluding carboxylic acids is 1. The number of amides is 1. The van der Waals surface area contributed by atoms with Crippen LogP contribution in [0.2, 0.25) is 5.02 Å². The SMILES string of the molecule is CC(C)N(C(=O)c1ccc(Br)cc1Cl)c1nn(-c2ccccc2)cc1C(=O)O. The zero-order valence-electron chi connectivity index (χ0n) is 15.1. The first-order chi connectivity index (χ1) is 13.3. The monoisotopic (exact) mass is 461 g/mol. The zero-order chi connectivity index (χ0) is 20.4. The van der Waals surface area contributed by atoms with Gasteiger partial charge in [-0.1, -0.05) is 45.7 Å². The van der Waals surface area contributed by atoms with E-state index in [-0.39, 0.29) is 28.0 Å². The van der Waals surface area contributed by atoms with Gasteiger partial charge in [0.05, 0.1) is 16.3 Å². The van der Waals surface area contributed by atoms with Crippen LogP contribution in [0.4, 0.5) is 5.82 Å². The molecule has 0 saturated carbocycles. The number of hydrogen-bond donors (Lipinski definition) is 1. The molecule has 0 radical (unpaired) electrons. The van der Waals surface area contributed by atoms with Gasteiger partial charge in [-0.3, -0.25) is 9.69 Å². The minimum Gasteiger partial charge on any atom is -0.477 e. The van der Waals surface area contributed by atoms with Crippen molar-refractivity contribution >= 4 is 45.2 Å². The summed E-state index contributed by atoms with van der Waals surface area (Å²) in [6.07, 6.45) is 1.40. The predicted molar refractivity (Wildman–Crippen MR) is 112 cm³/mol. The Morgan fingerprint density at radius 1 is 1.14 bits per heavy atom. The molecule has 0 aliphatic heterocycles. The molecular formula is C20H17BrClN3O3. The summed E-state index contributed by atoms with van der Waals surface area (Å²) in [6.45, 7) is 3.58. The normalized spacial score (nSPS) is 10.9. The number of aromatic carboxylic acids is 1. The lowest BCUT2D eigenvalue weighted by atomic mass is 10.1. The van der Waals surface area contributed by atoms with E-state index in [1.54, 1.807) is 44.2 Å². The van der Waals surface area contributed by atoms with Gasteiger partial charge in [0.25, 0.3) is 5.91 Å². The highest BCUT2D eigenvalue weighted by atomic mass is 79.9. The number of halogens is 2. The summed E-state index contributed by atoms with van der Waals surface area (Å²) < 4.78 is 2.19. The highest BCUT2D eigenvalue weighted by Gasteiger charge is 2.30. The molecule has 1 heterocycles. The van der Waals surface area contributed by atoms with Crippen molar-refractivity contribution in [3.05, 3.63) is 75.4 Å². The van der Waals surface area contributed by atoms with E-state index in [9.17, 15) is 14.7 Å². The lowest BCUT2D eigenvalue weighted by Crippen LogP contribution is -2.38. The van der Waals surface area contributed by atoms with E-state index in [4.69, 9.17) is 11.6 Å². The van der Waals surface area contributed by atoms with Gasteiger partial charge in [-0.15, -0.1) is 5.10 Å². The number of para-hydroxylation sites is 1. The van der Waals surface area contributed by atoms with Crippen LogP contribution < -0.4 is 4.90 Å². The van der Waals surface area contributed by atoms with Crippen LogP contribution in [-0.2, 0) is 0 Å². The number of rotatable bonds is 5. The molecule has 0 unspecified atom stereocenters. The first-order valence-corrected chi connectivity index (χ1v) is 9.63. The maximum Gasteiger partial charge on any atom is 0.341 e. The smallest absolute Gasteiger partial charge is 0.341 e. The summed E-state index contributed by atoms with van der Waals surface area (Å²) in [4.78, 5) is 26.4. The first-order valence-electron chi connectivity index (χ1n) is 8.46. The van der Waals surface area contributed by atoms with Gasteiger partial charge in [-0.2, -0.15) is 0 Å². The molecule has 1 aromatic heterocycles. The van der Waals surface area contributed by atoms with Gasteiger partial charge in [0.15, 0.2) is 5.82 Å². The molecule has 3 rings (SSSR count). The maximum atomic E-state index is 13.2. The predicted octanol–water partition coefficient (Wildman–Crippen LogP) is 5.04. The third kappa shape index (κ3) is 3.95. The van der Waals surface area contributed by atoms with E-state index in [0.29, 0.717) is 5.69 Å². The second-order valence-electron chi connectivity index (χ2n) is 6.34. The molecule has 0 bridgehead atoms. The van der Waals surface area contributed by atoms with Crippen LogP contribution in [0.15, 0.2) is 59.2 Å². The maximum absolute atomic E-state index is 13.2. The molecule has 1 amide bonds. The van der Waals surface area contributed by atoms with Gasteiger partial charge in [0.2, 0.25) is 0 Å². The minimum atomic E-state index is -1.17. The third-order valence-electron chi connectivity index (χ3n) is 4.07. The Morgan fingerprint density at radius 3 is 2.39 bits per heavy atom. The fourth-order valence-electron chi connectivity index (χ4n) is 2.77. The summed E-state index contributed by atoms with van der Waals surface area (Å²) >= 11 is 9.56. The lowest BCUT2D eigenvalue weighted by Gasteiger charge is -2.25. The van der Waals surface area contributed by atoms with Crippen LogP contribution in [0.3, 0.4) is 0 Å². The summed E-state index contributed by atoms with van der Waals surface area (Å²) in [5, 5.41) is 14.3. The van der Waals surface area contributed by atoms with Gasteiger partial charge in [-0.05, 0) is 44.2 Å². The molecule has 1 N–H and O–H groups in total. The Bertz CT molecular complexity index is 1030. The van der Waals surface area contributed by atoms with Crippen LogP contribution in [0, 0.1) is 0 Å². The van der Waals surface area contributed by atoms with E-state index >= 15 is 0 Å². The van der Waals surface area contributed by atoms with Gasteiger partial charge < -0.3 is 5.11 Å². The van der Waals surface area contributed by atoms with Crippen molar-refractivity contribution in [3.63, 3.8) is 0 Å². The largest absolute Gasteiger partial charge is 0.477 e. The van der Waals surface area contributed by atoms with Gasteiger partial charge in [-0.25, -0.2) is 9.48 Å². The van der Waals surface area contributed by atoms with E-state index in [0.717, 1.165) is 4.47 Å². The standard InChI is InChI=1S/C20H17BrClN3O3/c1-12(2)25(19(26)15-9-8-13(21)10-17(15)22)18-16(20(27)28)11-24(23-18)14-6-4-3-5-7-14/h3-12H,1-2H3,(H,27,28).